The minimum absolute atomic E-state index is 0.0983. The van der Waals surface area contributed by atoms with Gasteiger partial charge in [0, 0.05) is 24.4 Å². The summed E-state index contributed by atoms with van der Waals surface area (Å²) in [4.78, 5) is 20.8. The van der Waals surface area contributed by atoms with Crippen LogP contribution in [0.15, 0.2) is 36.7 Å². The van der Waals surface area contributed by atoms with Gasteiger partial charge in [0.05, 0.1) is 0 Å². The third-order valence-electron chi connectivity index (χ3n) is 5.30. The van der Waals surface area contributed by atoms with Gasteiger partial charge in [0.1, 0.15) is 6.33 Å². The Bertz CT molecular complexity index is 934. The molecule has 6 nitrogen and oxygen atoms in total. The minimum atomic E-state index is 0.0983. The Kier molecular flexibility index (Phi) is 4.41. The molecule has 1 aliphatic rings. The fourth-order valence-corrected chi connectivity index (χ4v) is 3.67. The number of carbonyl (C=O) groups excluding carboxylic acids is 1. The van der Waals surface area contributed by atoms with Gasteiger partial charge < -0.3 is 5.32 Å². The molecule has 6 heteroatoms. The number of rotatable bonds is 6. The summed E-state index contributed by atoms with van der Waals surface area (Å²) in [5.74, 6) is 1.87. The van der Waals surface area contributed by atoms with Gasteiger partial charge in [-0.2, -0.15) is 10.1 Å². The van der Waals surface area contributed by atoms with Gasteiger partial charge in [-0.25, -0.2) is 9.50 Å². The monoisotopic (exact) mass is 349 g/mol. The van der Waals surface area contributed by atoms with Crippen molar-refractivity contribution >= 4 is 11.7 Å². The van der Waals surface area contributed by atoms with Crippen molar-refractivity contribution in [3.05, 3.63) is 59.2 Å². The number of aryl methyl sites for hydroxylation is 2. The third-order valence-corrected chi connectivity index (χ3v) is 5.30. The molecular weight excluding hydrogens is 326 g/mol. The number of aromatic nitrogens is 4. The lowest BCUT2D eigenvalue weighted by Crippen LogP contribution is -2.26. The molecule has 134 valence electrons. The zero-order chi connectivity index (χ0) is 18.1. The molecule has 1 fully saturated rings. The molecule has 1 aromatic carbocycles. The lowest BCUT2D eigenvalue weighted by Gasteiger charge is -2.10. The molecule has 1 saturated carbocycles. The largest absolute Gasteiger partial charge is 0.356 e. The van der Waals surface area contributed by atoms with E-state index in [1.54, 1.807) is 4.52 Å². The lowest BCUT2D eigenvalue weighted by molar-refractivity contribution is -0.121. The highest BCUT2D eigenvalue weighted by Crippen LogP contribution is 2.46. The first kappa shape index (κ1) is 16.7. The Morgan fingerprint density at radius 2 is 2.08 bits per heavy atom. The molecule has 1 aliphatic carbocycles. The molecule has 0 spiro atoms. The van der Waals surface area contributed by atoms with E-state index in [-0.39, 0.29) is 5.91 Å². The maximum atomic E-state index is 12.3. The highest BCUT2D eigenvalue weighted by molar-refractivity contribution is 5.76. The zero-order valence-corrected chi connectivity index (χ0v) is 15.1. The normalized spacial score (nSPS) is 18.8. The molecular formula is C20H23N5O. The van der Waals surface area contributed by atoms with Crippen LogP contribution in [-0.2, 0) is 11.2 Å². The van der Waals surface area contributed by atoms with Crippen molar-refractivity contribution in [1.82, 2.24) is 24.9 Å². The van der Waals surface area contributed by atoms with Crippen molar-refractivity contribution in [3.8, 4) is 0 Å². The van der Waals surface area contributed by atoms with E-state index in [0.29, 0.717) is 30.5 Å². The predicted octanol–water partition coefficient (Wildman–Crippen LogP) is 2.59. The van der Waals surface area contributed by atoms with Crippen LogP contribution in [0.4, 0.5) is 0 Å². The van der Waals surface area contributed by atoms with E-state index in [2.05, 4.69) is 44.6 Å². The first-order valence-corrected chi connectivity index (χ1v) is 9.11. The quantitative estimate of drug-likeness (QED) is 0.742. The Morgan fingerprint density at radius 1 is 1.27 bits per heavy atom. The number of nitrogens with zero attached hydrogens (tertiary/aromatic N) is 4. The summed E-state index contributed by atoms with van der Waals surface area (Å²) in [5.41, 5.74) is 4.38. The molecule has 4 rings (SSSR count). The van der Waals surface area contributed by atoms with Gasteiger partial charge in [-0.3, -0.25) is 4.79 Å². The molecule has 3 aromatic rings. The van der Waals surface area contributed by atoms with Gasteiger partial charge in [-0.15, -0.1) is 0 Å². The topological polar surface area (TPSA) is 72.2 Å². The van der Waals surface area contributed by atoms with Crippen LogP contribution in [-0.4, -0.2) is 32.0 Å². The first-order valence-electron chi connectivity index (χ1n) is 9.11. The number of carbonyl (C=O) groups is 1. The Hall–Kier alpha value is -2.76. The average molecular weight is 349 g/mol. The van der Waals surface area contributed by atoms with Gasteiger partial charge in [0.25, 0.3) is 5.78 Å². The van der Waals surface area contributed by atoms with Crippen molar-refractivity contribution in [2.75, 3.05) is 6.54 Å². The number of hydrogen-bond donors (Lipinski definition) is 1. The highest BCUT2D eigenvalue weighted by Gasteiger charge is 2.37. The number of nitrogens with one attached hydrogen (secondary N) is 1. The molecule has 26 heavy (non-hydrogen) atoms. The molecule has 1 amide bonds. The molecule has 2 atom stereocenters. The van der Waals surface area contributed by atoms with E-state index in [1.165, 1.54) is 11.9 Å². The first-order chi connectivity index (χ1) is 12.6. The molecule has 2 heterocycles. The summed E-state index contributed by atoms with van der Waals surface area (Å²) in [5, 5.41) is 7.29. The minimum Gasteiger partial charge on any atom is -0.356 e. The van der Waals surface area contributed by atoms with E-state index in [4.69, 9.17) is 0 Å². The molecule has 0 radical (unpaired) electrons. The van der Waals surface area contributed by atoms with Gasteiger partial charge in [-0.1, -0.05) is 30.3 Å². The van der Waals surface area contributed by atoms with E-state index < -0.39 is 0 Å². The second kappa shape index (κ2) is 6.86. The van der Waals surface area contributed by atoms with Crippen molar-refractivity contribution in [2.24, 2.45) is 5.92 Å². The van der Waals surface area contributed by atoms with Gasteiger partial charge in [0.15, 0.2) is 0 Å². The summed E-state index contributed by atoms with van der Waals surface area (Å²) in [7, 11) is 0. The van der Waals surface area contributed by atoms with Crippen LogP contribution in [0.25, 0.3) is 5.78 Å². The van der Waals surface area contributed by atoms with Gasteiger partial charge in [-0.05, 0) is 49.7 Å². The van der Waals surface area contributed by atoms with E-state index in [0.717, 1.165) is 29.9 Å². The van der Waals surface area contributed by atoms with E-state index >= 15 is 0 Å². The fraction of sp³-hybridized carbons (Fsp3) is 0.400. The van der Waals surface area contributed by atoms with Gasteiger partial charge >= 0.3 is 0 Å². The Labute approximate surface area is 152 Å². The predicted molar refractivity (Wildman–Crippen MR) is 98.9 cm³/mol. The molecule has 2 unspecified atom stereocenters. The van der Waals surface area contributed by atoms with Crippen molar-refractivity contribution in [1.29, 1.82) is 0 Å². The summed E-state index contributed by atoms with van der Waals surface area (Å²) >= 11 is 0. The summed E-state index contributed by atoms with van der Waals surface area (Å²) in [6.45, 7) is 4.72. The number of fused-ring (bicyclic) bond motifs is 1. The van der Waals surface area contributed by atoms with E-state index in [1.807, 2.05) is 19.9 Å². The van der Waals surface area contributed by atoms with Crippen molar-refractivity contribution < 1.29 is 4.79 Å². The third kappa shape index (κ3) is 3.31. The summed E-state index contributed by atoms with van der Waals surface area (Å²) < 4.78 is 1.73. The zero-order valence-electron chi connectivity index (χ0n) is 15.1. The summed E-state index contributed by atoms with van der Waals surface area (Å²) in [6.07, 6.45) is 3.80. The van der Waals surface area contributed by atoms with Crippen LogP contribution in [0.2, 0.25) is 0 Å². The van der Waals surface area contributed by atoms with Crippen LogP contribution in [0, 0.1) is 19.8 Å². The van der Waals surface area contributed by atoms with Crippen LogP contribution in [0.1, 0.15) is 41.3 Å². The molecule has 0 bridgehead atoms. The van der Waals surface area contributed by atoms with E-state index in [9.17, 15) is 4.79 Å². The SMILES string of the molecule is Cc1nc2ncnn2c(C)c1CCC(=O)NCC1CC1c1ccccc1. The highest BCUT2D eigenvalue weighted by atomic mass is 16.1. The van der Waals surface area contributed by atoms with Crippen molar-refractivity contribution in [3.63, 3.8) is 0 Å². The number of benzene rings is 1. The van der Waals surface area contributed by atoms with Crippen LogP contribution >= 0.6 is 0 Å². The second-order valence-corrected chi connectivity index (χ2v) is 7.05. The molecule has 0 saturated heterocycles. The van der Waals surface area contributed by atoms with Gasteiger partial charge in [0.2, 0.25) is 5.91 Å². The van der Waals surface area contributed by atoms with Crippen LogP contribution in [0.5, 0.6) is 0 Å². The number of amides is 1. The van der Waals surface area contributed by atoms with Crippen LogP contribution < -0.4 is 5.32 Å². The molecule has 0 aliphatic heterocycles. The maximum Gasteiger partial charge on any atom is 0.252 e. The standard InChI is InChI=1S/C20H23N5O/c1-13-17(14(2)25-20(24-13)22-12-23-25)8-9-19(26)21-11-16-10-18(16)15-6-4-3-5-7-15/h3-7,12,16,18H,8-11H2,1-2H3,(H,21,26). The number of hydrogen-bond acceptors (Lipinski definition) is 4. The Morgan fingerprint density at radius 3 is 2.88 bits per heavy atom. The van der Waals surface area contributed by atoms with Crippen molar-refractivity contribution in [2.45, 2.75) is 39.0 Å². The maximum absolute atomic E-state index is 12.3. The smallest absolute Gasteiger partial charge is 0.252 e. The molecule has 1 N–H and O–H groups in total. The Balaban J connectivity index is 1.30. The lowest BCUT2D eigenvalue weighted by atomic mass is 10.1. The second-order valence-electron chi connectivity index (χ2n) is 7.05. The summed E-state index contributed by atoms with van der Waals surface area (Å²) in [6, 6.07) is 10.5. The van der Waals surface area contributed by atoms with Crippen LogP contribution in [0.3, 0.4) is 0 Å². The average Bonchev–Trinajstić information content (AvgIpc) is 3.28. The molecule has 2 aromatic heterocycles. The fourth-order valence-electron chi connectivity index (χ4n) is 3.67.